The lowest BCUT2D eigenvalue weighted by molar-refractivity contribution is -0.112. The van der Waals surface area contributed by atoms with Crippen molar-refractivity contribution in [1.82, 2.24) is 0 Å². The number of hydrogen-bond acceptors (Lipinski definition) is 3. The lowest BCUT2D eigenvalue weighted by atomic mass is 10.1. The Kier molecular flexibility index (Phi) is 2.77. The highest BCUT2D eigenvalue weighted by Crippen LogP contribution is 2.23. The van der Waals surface area contributed by atoms with E-state index in [-0.39, 0.29) is 6.54 Å². The van der Waals surface area contributed by atoms with Gasteiger partial charge in [0.2, 0.25) is 0 Å². The van der Waals surface area contributed by atoms with E-state index in [4.69, 9.17) is 5.53 Å². The summed E-state index contributed by atoms with van der Waals surface area (Å²) in [5.41, 5.74) is 9.48. The fourth-order valence-corrected chi connectivity index (χ4v) is 1.43. The van der Waals surface area contributed by atoms with E-state index in [0.29, 0.717) is 16.8 Å². The van der Waals surface area contributed by atoms with Gasteiger partial charge < -0.3 is 5.32 Å². The number of ketones is 1. The molecular weight excluding hydrogens is 220 g/mol. The summed E-state index contributed by atoms with van der Waals surface area (Å²) >= 11 is 0. The lowest BCUT2D eigenvalue weighted by Gasteiger charge is -1.96. The van der Waals surface area contributed by atoms with Crippen molar-refractivity contribution in [3.8, 4) is 11.8 Å². The molecule has 1 aliphatic rings. The predicted octanol–water partition coefficient (Wildman–Crippen LogP) is 1.48. The summed E-state index contributed by atoms with van der Waals surface area (Å²) in [6.07, 6.45) is 0. The normalized spacial score (nSPS) is 12.0. The zero-order chi connectivity index (χ0) is 12.3. The van der Waals surface area contributed by atoms with E-state index in [1.54, 1.807) is 18.2 Å². The Hall–Kier alpha value is -2.77. The number of Topliss-reactive ketones (excluding diaryl/α,β-unsaturated/α-hetero) is 1. The number of fused-ring (bicyclic) bond motifs is 1. The molecule has 0 saturated heterocycles. The van der Waals surface area contributed by atoms with Crippen LogP contribution in [0.15, 0.2) is 23.3 Å². The molecular formula is C11H6N4O2. The second kappa shape index (κ2) is 4.39. The van der Waals surface area contributed by atoms with E-state index in [9.17, 15) is 9.59 Å². The molecule has 0 atom stereocenters. The van der Waals surface area contributed by atoms with Gasteiger partial charge >= 0.3 is 0 Å². The maximum atomic E-state index is 11.4. The van der Waals surface area contributed by atoms with Gasteiger partial charge in [-0.25, -0.2) is 0 Å². The van der Waals surface area contributed by atoms with Crippen molar-refractivity contribution in [2.75, 3.05) is 11.9 Å². The van der Waals surface area contributed by atoms with Gasteiger partial charge in [0.05, 0.1) is 17.8 Å². The number of amides is 1. The minimum Gasteiger partial charge on any atom is -0.318 e. The molecule has 0 unspecified atom stereocenters. The number of azide groups is 1. The van der Waals surface area contributed by atoms with Gasteiger partial charge in [-0.15, -0.1) is 0 Å². The van der Waals surface area contributed by atoms with E-state index in [2.05, 4.69) is 27.2 Å². The average molecular weight is 226 g/mol. The van der Waals surface area contributed by atoms with Crippen LogP contribution in [0.1, 0.15) is 15.9 Å². The summed E-state index contributed by atoms with van der Waals surface area (Å²) in [7, 11) is 0. The van der Waals surface area contributed by atoms with Crippen molar-refractivity contribution < 1.29 is 9.59 Å². The molecule has 0 radical (unpaired) electrons. The van der Waals surface area contributed by atoms with Crippen molar-refractivity contribution in [1.29, 1.82) is 0 Å². The van der Waals surface area contributed by atoms with Gasteiger partial charge in [-0.1, -0.05) is 17.0 Å². The SMILES string of the molecule is [N-]=[N+]=NCC#Cc1ccc2c(c1)C(=O)C(=O)N2. The molecule has 1 N–H and O–H groups in total. The van der Waals surface area contributed by atoms with Crippen molar-refractivity contribution in [2.45, 2.75) is 0 Å². The molecule has 1 aliphatic heterocycles. The van der Waals surface area contributed by atoms with E-state index in [1.807, 2.05) is 0 Å². The van der Waals surface area contributed by atoms with Gasteiger partial charge in [0, 0.05) is 10.5 Å². The van der Waals surface area contributed by atoms with Gasteiger partial charge in [-0.2, -0.15) is 0 Å². The minimum atomic E-state index is -0.626. The highest BCUT2D eigenvalue weighted by molar-refractivity contribution is 6.51. The van der Waals surface area contributed by atoms with Crippen molar-refractivity contribution in [3.63, 3.8) is 0 Å². The molecule has 6 heteroatoms. The number of hydrogen-bond donors (Lipinski definition) is 1. The van der Waals surface area contributed by atoms with Crippen LogP contribution in [0.5, 0.6) is 0 Å². The molecule has 17 heavy (non-hydrogen) atoms. The Balaban J connectivity index is 2.28. The number of carbonyl (C=O) groups is 2. The molecule has 1 aromatic carbocycles. The first-order valence-corrected chi connectivity index (χ1v) is 4.72. The van der Waals surface area contributed by atoms with Gasteiger partial charge in [-0.05, 0) is 23.7 Å². The molecule has 1 amide bonds. The molecule has 0 bridgehead atoms. The summed E-state index contributed by atoms with van der Waals surface area (Å²) in [6, 6.07) is 4.84. The Morgan fingerprint density at radius 2 is 2.24 bits per heavy atom. The highest BCUT2D eigenvalue weighted by atomic mass is 16.2. The smallest absolute Gasteiger partial charge is 0.296 e. The van der Waals surface area contributed by atoms with Crippen molar-refractivity contribution in [2.24, 2.45) is 5.11 Å². The van der Waals surface area contributed by atoms with Crippen LogP contribution in [0.2, 0.25) is 0 Å². The number of rotatable bonds is 1. The topological polar surface area (TPSA) is 94.9 Å². The summed E-state index contributed by atoms with van der Waals surface area (Å²) in [6.45, 7) is 0.0682. The van der Waals surface area contributed by atoms with Crippen LogP contribution in [0.3, 0.4) is 0 Å². The zero-order valence-electron chi connectivity index (χ0n) is 8.60. The summed E-state index contributed by atoms with van der Waals surface area (Å²) in [5, 5.41) is 5.71. The molecule has 0 fully saturated rings. The Morgan fingerprint density at radius 1 is 1.41 bits per heavy atom. The molecule has 2 rings (SSSR count). The third kappa shape index (κ3) is 2.09. The van der Waals surface area contributed by atoms with E-state index in [1.165, 1.54) is 0 Å². The number of anilines is 1. The Bertz CT molecular complexity index is 618. The van der Waals surface area contributed by atoms with Gasteiger partial charge in [0.25, 0.3) is 11.7 Å². The molecule has 82 valence electrons. The molecule has 0 aromatic heterocycles. The second-order valence-corrected chi connectivity index (χ2v) is 3.23. The van der Waals surface area contributed by atoms with Gasteiger partial charge in [0.1, 0.15) is 0 Å². The van der Waals surface area contributed by atoms with Gasteiger partial charge in [0.15, 0.2) is 0 Å². The van der Waals surface area contributed by atoms with Crippen LogP contribution in [0.25, 0.3) is 10.4 Å². The second-order valence-electron chi connectivity index (χ2n) is 3.23. The van der Waals surface area contributed by atoms with Crippen LogP contribution in [-0.4, -0.2) is 18.2 Å². The largest absolute Gasteiger partial charge is 0.318 e. The summed E-state index contributed by atoms with van der Waals surface area (Å²) < 4.78 is 0. The fourth-order valence-electron chi connectivity index (χ4n) is 1.43. The quantitative estimate of drug-likeness (QED) is 0.258. The highest BCUT2D eigenvalue weighted by Gasteiger charge is 2.27. The monoisotopic (exact) mass is 226 g/mol. The van der Waals surface area contributed by atoms with Crippen LogP contribution < -0.4 is 5.32 Å². The first-order chi connectivity index (χ1) is 8.22. The average Bonchev–Trinajstić information content (AvgIpc) is 2.61. The van der Waals surface area contributed by atoms with Crippen LogP contribution in [0.4, 0.5) is 5.69 Å². The molecule has 0 spiro atoms. The zero-order valence-corrected chi connectivity index (χ0v) is 8.60. The molecule has 1 aromatic rings. The van der Waals surface area contributed by atoms with Gasteiger partial charge in [-0.3, -0.25) is 9.59 Å². The van der Waals surface area contributed by atoms with Crippen molar-refractivity contribution in [3.05, 3.63) is 39.8 Å². The van der Waals surface area contributed by atoms with Crippen molar-refractivity contribution >= 4 is 17.4 Å². The fraction of sp³-hybridized carbons (Fsp3) is 0.0909. The maximum absolute atomic E-state index is 11.4. The van der Waals surface area contributed by atoms with Crippen LogP contribution in [0, 0.1) is 11.8 Å². The van der Waals surface area contributed by atoms with Crippen LogP contribution in [-0.2, 0) is 4.79 Å². The Morgan fingerprint density at radius 3 is 3.00 bits per heavy atom. The summed E-state index contributed by atoms with van der Waals surface area (Å²) in [5.74, 6) is 4.19. The summed E-state index contributed by atoms with van der Waals surface area (Å²) in [4.78, 5) is 25.0. The first-order valence-electron chi connectivity index (χ1n) is 4.72. The molecule has 1 heterocycles. The van der Waals surface area contributed by atoms with Crippen LogP contribution >= 0.6 is 0 Å². The van der Waals surface area contributed by atoms with E-state index < -0.39 is 11.7 Å². The third-order valence-electron chi connectivity index (χ3n) is 2.16. The minimum absolute atomic E-state index is 0.0682. The lowest BCUT2D eigenvalue weighted by Crippen LogP contribution is -2.12. The molecule has 6 nitrogen and oxygen atoms in total. The number of nitrogens with zero attached hydrogens (tertiary/aromatic N) is 3. The Labute approximate surface area is 96.3 Å². The third-order valence-corrected chi connectivity index (χ3v) is 2.16. The maximum Gasteiger partial charge on any atom is 0.296 e. The predicted molar refractivity (Wildman–Crippen MR) is 60.3 cm³/mol. The van der Waals surface area contributed by atoms with E-state index in [0.717, 1.165) is 0 Å². The standard InChI is InChI=1S/C11H6N4O2/c12-15-13-5-1-2-7-3-4-9-8(6-7)10(16)11(17)14-9/h3-4,6H,5H2,(H,14,16,17). The first kappa shape index (κ1) is 10.7. The van der Waals surface area contributed by atoms with E-state index >= 15 is 0 Å². The molecule has 0 saturated carbocycles. The number of benzene rings is 1. The molecule has 0 aliphatic carbocycles. The number of carbonyl (C=O) groups excluding carboxylic acids is 2. The number of nitrogens with one attached hydrogen (secondary N) is 1.